The molecular weight excluding hydrogens is 153 g/mol. The number of alkyl halides is 1. The Hall–Kier alpha value is -0.110. The minimum absolute atomic E-state index is 0.491. The number of halogens is 1. The van der Waals surface area contributed by atoms with Gasteiger partial charge in [0.15, 0.2) is 0 Å². The molecule has 0 spiro atoms. The van der Waals surface area contributed by atoms with Crippen LogP contribution in [0.2, 0.25) is 0 Å². The van der Waals surface area contributed by atoms with E-state index in [1.807, 2.05) is 0 Å². The minimum Gasteiger partial charge on any atom is -0.309 e. The van der Waals surface area contributed by atoms with E-state index < -0.39 is 6.17 Å². The number of hydrogen-bond acceptors (Lipinski definition) is 1. The second-order valence-electron chi connectivity index (χ2n) is 4.22. The molecule has 1 aliphatic rings. The molecule has 0 amide bonds. The van der Waals surface area contributed by atoms with Gasteiger partial charge in [0.1, 0.15) is 6.17 Å². The molecule has 1 aliphatic carbocycles. The molecule has 0 saturated heterocycles. The quantitative estimate of drug-likeness (QED) is 0.631. The third-order valence-electron chi connectivity index (χ3n) is 2.69. The highest BCUT2D eigenvalue weighted by Gasteiger charge is 2.23. The lowest BCUT2D eigenvalue weighted by molar-refractivity contribution is 0.319. The Morgan fingerprint density at radius 3 is 2.58 bits per heavy atom. The van der Waals surface area contributed by atoms with E-state index in [9.17, 15) is 4.39 Å². The molecule has 72 valence electrons. The van der Waals surface area contributed by atoms with Gasteiger partial charge in [0, 0.05) is 0 Å². The van der Waals surface area contributed by atoms with E-state index in [2.05, 4.69) is 19.0 Å². The molecular formula is C10H20FN. The second-order valence-corrected chi connectivity index (χ2v) is 4.22. The Morgan fingerprint density at radius 2 is 2.08 bits per heavy atom. The van der Waals surface area contributed by atoms with Gasteiger partial charge in [0.05, 0.1) is 0 Å². The fraction of sp³-hybridized carbons (Fsp3) is 1.00. The van der Waals surface area contributed by atoms with E-state index >= 15 is 0 Å². The zero-order valence-corrected chi connectivity index (χ0v) is 8.22. The van der Waals surface area contributed by atoms with Crippen LogP contribution in [0.5, 0.6) is 0 Å². The predicted octanol–water partition coefficient (Wildman–Crippen LogP) is 2.47. The summed E-state index contributed by atoms with van der Waals surface area (Å²) in [4.78, 5) is 2.20. The number of rotatable bonds is 4. The van der Waals surface area contributed by atoms with Crippen molar-refractivity contribution in [3.8, 4) is 0 Å². The van der Waals surface area contributed by atoms with Crippen LogP contribution in [0.3, 0.4) is 0 Å². The van der Waals surface area contributed by atoms with E-state index in [0.717, 1.165) is 25.8 Å². The molecule has 0 aromatic rings. The van der Waals surface area contributed by atoms with Gasteiger partial charge in [-0.2, -0.15) is 0 Å². The van der Waals surface area contributed by atoms with Gasteiger partial charge in [0.2, 0.25) is 0 Å². The summed E-state index contributed by atoms with van der Waals surface area (Å²) >= 11 is 0. The molecule has 1 unspecified atom stereocenters. The average Bonchev–Trinajstić information content (AvgIpc) is 2.35. The van der Waals surface area contributed by atoms with Crippen molar-refractivity contribution in [1.82, 2.24) is 4.90 Å². The summed E-state index contributed by atoms with van der Waals surface area (Å²) in [7, 11) is 4.18. The lowest BCUT2D eigenvalue weighted by Crippen LogP contribution is -2.13. The highest BCUT2D eigenvalue weighted by atomic mass is 19.1. The maximum atomic E-state index is 12.7. The molecule has 0 bridgehead atoms. The maximum absolute atomic E-state index is 12.7. The van der Waals surface area contributed by atoms with Crippen molar-refractivity contribution in [1.29, 1.82) is 0 Å². The van der Waals surface area contributed by atoms with Gasteiger partial charge < -0.3 is 4.90 Å². The van der Waals surface area contributed by atoms with Gasteiger partial charge >= 0.3 is 0 Å². The highest BCUT2D eigenvalue weighted by Crippen LogP contribution is 2.30. The standard InChI is InChI=1S/C10H20FN/c1-12(2)7-3-4-9-5-6-10(11)8-9/h9-10H,3-8H2,1-2H3/t9-,10?/m1/s1. The summed E-state index contributed by atoms with van der Waals surface area (Å²) in [5.74, 6) is 0.681. The van der Waals surface area contributed by atoms with Gasteiger partial charge in [-0.1, -0.05) is 0 Å². The first-order valence-electron chi connectivity index (χ1n) is 4.97. The monoisotopic (exact) mass is 173 g/mol. The lowest BCUT2D eigenvalue weighted by atomic mass is 10.0. The van der Waals surface area contributed by atoms with Gasteiger partial charge in [-0.15, -0.1) is 0 Å². The Balaban J connectivity index is 2.00. The highest BCUT2D eigenvalue weighted by molar-refractivity contribution is 4.74. The van der Waals surface area contributed by atoms with Gasteiger partial charge in [-0.05, 0) is 58.7 Å². The number of nitrogens with zero attached hydrogens (tertiary/aromatic N) is 1. The van der Waals surface area contributed by atoms with Crippen LogP contribution in [-0.4, -0.2) is 31.7 Å². The molecule has 2 heteroatoms. The molecule has 1 saturated carbocycles. The largest absolute Gasteiger partial charge is 0.309 e. The summed E-state index contributed by atoms with van der Waals surface area (Å²) in [5.41, 5.74) is 0. The van der Waals surface area contributed by atoms with Crippen LogP contribution in [0.1, 0.15) is 32.1 Å². The molecule has 1 fully saturated rings. The molecule has 12 heavy (non-hydrogen) atoms. The van der Waals surface area contributed by atoms with E-state index in [-0.39, 0.29) is 0 Å². The van der Waals surface area contributed by atoms with Crippen LogP contribution in [0.4, 0.5) is 4.39 Å². The van der Waals surface area contributed by atoms with Gasteiger partial charge in [-0.3, -0.25) is 0 Å². The van der Waals surface area contributed by atoms with Crippen molar-refractivity contribution < 1.29 is 4.39 Å². The van der Waals surface area contributed by atoms with Gasteiger partial charge in [0.25, 0.3) is 0 Å². The van der Waals surface area contributed by atoms with Crippen LogP contribution >= 0.6 is 0 Å². The van der Waals surface area contributed by atoms with E-state index in [1.165, 1.54) is 12.8 Å². The first-order valence-corrected chi connectivity index (χ1v) is 4.97. The summed E-state index contributed by atoms with van der Waals surface area (Å²) in [6.45, 7) is 1.15. The summed E-state index contributed by atoms with van der Waals surface area (Å²) in [6.07, 6.45) is 4.71. The minimum atomic E-state index is -0.491. The van der Waals surface area contributed by atoms with Crippen LogP contribution in [0, 0.1) is 5.92 Å². The summed E-state index contributed by atoms with van der Waals surface area (Å²) in [5, 5.41) is 0. The Labute approximate surface area is 74.9 Å². The SMILES string of the molecule is CN(C)CCC[C@@H]1CCC(F)C1. The molecule has 0 aromatic heterocycles. The molecule has 0 N–H and O–H groups in total. The Bertz CT molecular complexity index is 125. The topological polar surface area (TPSA) is 3.24 Å². The van der Waals surface area contributed by atoms with Gasteiger partial charge in [-0.25, -0.2) is 4.39 Å². The number of hydrogen-bond donors (Lipinski definition) is 0. The first kappa shape index (κ1) is 9.97. The Kier molecular flexibility index (Phi) is 3.99. The average molecular weight is 173 g/mol. The summed E-state index contributed by atoms with van der Waals surface area (Å²) < 4.78 is 12.7. The molecule has 0 heterocycles. The van der Waals surface area contributed by atoms with E-state index in [1.54, 1.807) is 0 Å². The molecule has 1 rings (SSSR count). The molecule has 2 atom stereocenters. The second kappa shape index (κ2) is 4.80. The van der Waals surface area contributed by atoms with Crippen molar-refractivity contribution in [2.45, 2.75) is 38.3 Å². The summed E-state index contributed by atoms with van der Waals surface area (Å²) in [6, 6.07) is 0. The van der Waals surface area contributed by atoms with E-state index in [4.69, 9.17) is 0 Å². The lowest BCUT2D eigenvalue weighted by Gasteiger charge is -2.12. The molecule has 0 radical (unpaired) electrons. The van der Waals surface area contributed by atoms with Crippen molar-refractivity contribution >= 4 is 0 Å². The van der Waals surface area contributed by atoms with Crippen LogP contribution in [-0.2, 0) is 0 Å². The fourth-order valence-electron chi connectivity index (χ4n) is 1.97. The molecule has 0 aromatic carbocycles. The van der Waals surface area contributed by atoms with E-state index in [0.29, 0.717) is 5.92 Å². The maximum Gasteiger partial charge on any atom is 0.100 e. The van der Waals surface area contributed by atoms with Crippen molar-refractivity contribution in [3.63, 3.8) is 0 Å². The zero-order valence-electron chi connectivity index (χ0n) is 8.22. The van der Waals surface area contributed by atoms with Crippen molar-refractivity contribution in [2.24, 2.45) is 5.92 Å². The predicted molar refractivity (Wildman–Crippen MR) is 50.0 cm³/mol. The molecule has 1 nitrogen and oxygen atoms in total. The van der Waals surface area contributed by atoms with Crippen LogP contribution < -0.4 is 0 Å². The van der Waals surface area contributed by atoms with Crippen molar-refractivity contribution in [2.75, 3.05) is 20.6 Å². The smallest absolute Gasteiger partial charge is 0.100 e. The zero-order chi connectivity index (χ0) is 8.97. The van der Waals surface area contributed by atoms with Crippen LogP contribution in [0.25, 0.3) is 0 Å². The third-order valence-corrected chi connectivity index (χ3v) is 2.69. The molecule has 0 aliphatic heterocycles. The normalized spacial score (nSPS) is 30.0. The van der Waals surface area contributed by atoms with Crippen molar-refractivity contribution in [3.05, 3.63) is 0 Å². The van der Waals surface area contributed by atoms with Crippen LogP contribution in [0.15, 0.2) is 0 Å². The fourth-order valence-corrected chi connectivity index (χ4v) is 1.97. The Morgan fingerprint density at radius 1 is 1.33 bits per heavy atom. The third kappa shape index (κ3) is 3.53. The first-order chi connectivity index (χ1) is 5.68.